The van der Waals surface area contributed by atoms with Crippen LogP contribution in [0.3, 0.4) is 0 Å². The van der Waals surface area contributed by atoms with Crippen molar-refractivity contribution in [3.05, 3.63) is 64.7 Å². The third kappa shape index (κ3) is 5.43. The van der Waals surface area contributed by atoms with Gasteiger partial charge in [-0.2, -0.15) is 0 Å². The van der Waals surface area contributed by atoms with Crippen LogP contribution < -0.4 is 5.32 Å². The highest BCUT2D eigenvalue weighted by molar-refractivity contribution is 5.93. The minimum Gasteiger partial charge on any atom is -0.465 e. The van der Waals surface area contributed by atoms with E-state index in [1.807, 2.05) is 11.9 Å². The summed E-state index contributed by atoms with van der Waals surface area (Å²) < 4.78 is 4.65. The third-order valence-corrected chi connectivity index (χ3v) is 3.94. The minimum absolute atomic E-state index is 0.0990. The fraction of sp³-hybridized carbons (Fsp3) is 0.300. The summed E-state index contributed by atoms with van der Waals surface area (Å²) in [6.45, 7) is 5.14. The van der Waals surface area contributed by atoms with E-state index in [4.69, 9.17) is 0 Å². The molecule has 0 aromatic heterocycles. The van der Waals surface area contributed by atoms with Gasteiger partial charge in [-0.15, -0.1) is 0 Å². The van der Waals surface area contributed by atoms with Gasteiger partial charge in [0.1, 0.15) is 0 Å². The van der Waals surface area contributed by atoms with Crippen molar-refractivity contribution in [3.63, 3.8) is 0 Å². The number of hydrogen-bond donors (Lipinski definition) is 1. The van der Waals surface area contributed by atoms with E-state index < -0.39 is 5.97 Å². The van der Waals surface area contributed by atoms with E-state index in [2.05, 4.69) is 42.1 Å². The van der Waals surface area contributed by atoms with Gasteiger partial charge in [0.25, 0.3) is 0 Å². The third-order valence-electron chi connectivity index (χ3n) is 3.94. The van der Waals surface area contributed by atoms with Gasteiger partial charge in [0.15, 0.2) is 0 Å². The molecule has 0 fully saturated rings. The van der Waals surface area contributed by atoms with Crippen LogP contribution in [0.25, 0.3) is 0 Å². The van der Waals surface area contributed by atoms with Crippen molar-refractivity contribution in [1.29, 1.82) is 0 Å². The Morgan fingerprint density at radius 1 is 1.08 bits per heavy atom. The zero-order valence-corrected chi connectivity index (χ0v) is 15.1. The molecule has 0 atom stereocenters. The summed E-state index contributed by atoms with van der Waals surface area (Å²) in [5.41, 5.74) is 4.77. The summed E-state index contributed by atoms with van der Waals surface area (Å²) in [5, 5.41) is 2.83. The highest BCUT2D eigenvalue weighted by Gasteiger charge is 2.10. The number of hydrogen-bond acceptors (Lipinski definition) is 4. The molecule has 1 amide bonds. The Hall–Kier alpha value is -2.66. The van der Waals surface area contributed by atoms with E-state index >= 15 is 0 Å². The molecule has 0 bridgehead atoms. The summed E-state index contributed by atoms with van der Waals surface area (Å²) in [5.74, 6) is -0.496. The average Bonchev–Trinajstić information content (AvgIpc) is 2.57. The number of nitrogens with zero attached hydrogens (tertiary/aromatic N) is 1. The summed E-state index contributed by atoms with van der Waals surface area (Å²) in [6, 6.07) is 13.0. The van der Waals surface area contributed by atoms with Gasteiger partial charge >= 0.3 is 5.97 Å². The molecule has 5 nitrogen and oxygen atoms in total. The number of amides is 1. The number of nitrogens with one attached hydrogen (secondary N) is 1. The molecule has 0 saturated carbocycles. The van der Waals surface area contributed by atoms with Gasteiger partial charge in [0, 0.05) is 12.2 Å². The monoisotopic (exact) mass is 340 g/mol. The Morgan fingerprint density at radius 3 is 2.36 bits per heavy atom. The van der Waals surface area contributed by atoms with Gasteiger partial charge in [-0.1, -0.05) is 23.8 Å². The van der Waals surface area contributed by atoms with Crippen molar-refractivity contribution in [2.45, 2.75) is 20.4 Å². The van der Waals surface area contributed by atoms with Gasteiger partial charge < -0.3 is 10.1 Å². The topological polar surface area (TPSA) is 58.6 Å². The molecular weight excluding hydrogens is 316 g/mol. The van der Waals surface area contributed by atoms with Gasteiger partial charge in [-0.3, -0.25) is 9.69 Å². The van der Waals surface area contributed by atoms with Crippen molar-refractivity contribution in [2.24, 2.45) is 0 Å². The molecule has 0 aliphatic carbocycles. The first-order chi connectivity index (χ1) is 11.9. The maximum Gasteiger partial charge on any atom is 0.337 e. The molecule has 2 aromatic rings. The number of carbonyl (C=O) groups excluding carboxylic acids is 2. The fourth-order valence-corrected chi connectivity index (χ4v) is 2.62. The first kappa shape index (κ1) is 18.7. The molecule has 2 rings (SSSR count). The molecule has 2 aromatic carbocycles. The van der Waals surface area contributed by atoms with E-state index in [9.17, 15) is 9.59 Å². The van der Waals surface area contributed by atoms with Crippen LogP contribution in [-0.2, 0) is 16.1 Å². The molecule has 132 valence electrons. The lowest BCUT2D eigenvalue weighted by atomic mass is 10.1. The van der Waals surface area contributed by atoms with Crippen molar-refractivity contribution >= 4 is 17.6 Å². The van der Waals surface area contributed by atoms with E-state index in [0.29, 0.717) is 17.8 Å². The summed E-state index contributed by atoms with van der Waals surface area (Å²) in [7, 11) is 3.25. The molecule has 0 heterocycles. The van der Waals surface area contributed by atoms with Crippen LogP contribution in [0.5, 0.6) is 0 Å². The highest BCUT2D eigenvalue weighted by atomic mass is 16.5. The zero-order chi connectivity index (χ0) is 18.4. The SMILES string of the molecule is COC(=O)c1ccc(NC(=O)CN(C)Cc2ccc(C)cc2C)cc1. The maximum atomic E-state index is 12.2. The Bertz CT molecular complexity index is 754. The van der Waals surface area contributed by atoms with Crippen LogP contribution in [0.2, 0.25) is 0 Å². The largest absolute Gasteiger partial charge is 0.465 e. The minimum atomic E-state index is -0.397. The van der Waals surface area contributed by atoms with Crippen molar-refractivity contribution in [2.75, 3.05) is 26.0 Å². The first-order valence-corrected chi connectivity index (χ1v) is 8.12. The second-order valence-corrected chi connectivity index (χ2v) is 6.22. The number of rotatable bonds is 6. The first-order valence-electron chi connectivity index (χ1n) is 8.12. The lowest BCUT2D eigenvalue weighted by Crippen LogP contribution is -2.30. The molecule has 0 aliphatic rings. The molecule has 0 radical (unpaired) electrons. The molecule has 25 heavy (non-hydrogen) atoms. The van der Waals surface area contributed by atoms with Crippen molar-refractivity contribution in [3.8, 4) is 0 Å². The van der Waals surface area contributed by atoms with E-state index in [1.54, 1.807) is 24.3 Å². The second kappa shape index (κ2) is 8.44. The summed E-state index contributed by atoms with van der Waals surface area (Å²) >= 11 is 0. The summed E-state index contributed by atoms with van der Waals surface area (Å²) in [6.07, 6.45) is 0. The smallest absolute Gasteiger partial charge is 0.337 e. The van der Waals surface area contributed by atoms with E-state index in [0.717, 1.165) is 0 Å². The van der Waals surface area contributed by atoms with Gasteiger partial charge in [0.05, 0.1) is 19.2 Å². The van der Waals surface area contributed by atoms with Crippen LogP contribution >= 0.6 is 0 Å². The lowest BCUT2D eigenvalue weighted by Gasteiger charge is -2.18. The van der Waals surface area contributed by atoms with Crippen LogP contribution in [0.15, 0.2) is 42.5 Å². The predicted molar refractivity (Wildman–Crippen MR) is 98.7 cm³/mol. The van der Waals surface area contributed by atoms with Crippen LogP contribution in [0.4, 0.5) is 5.69 Å². The number of benzene rings is 2. The number of likely N-dealkylation sites (N-methyl/N-ethyl adjacent to an activating group) is 1. The normalized spacial score (nSPS) is 10.6. The molecular formula is C20H24N2O3. The van der Waals surface area contributed by atoms with Crippen LogP contribution in [-0.4, -0.2) is 37.5 Å². The van der Waals surface area contributed by atoms with Crippen molar-refractivity contribution in [1.82, 2.24) is 4.90 Å². The predicted octanol–water partition coefficient (Wildman–Crippen LogP) is 3.16. The Kier molecular flexibility index (Phi) is 6.31. The van der Waals surface area contributed by atoms with Crippen LogP contribution in [0, 0.1) is 13.8 Å². The van der Waals surface area contributed by atoms with Crippen LogP contribution in [0.1, 0.15) is 27.0 Å². The zero-order valence-electron chi connectivity index (χ0n) is 15.1. The number of aryl methyl sites for hydroxylation is 2. The number of anilines is 1. The Labute approximate surface area is 148 Å². The lowest BCUT2D eigenvalue weighted by molar-refractivity contribution is -0.117. The second-order valence-electron chi connectivity index (χ2n) is 6.22. The van der Waals surface area contributed by atoms with E-state index in [1.165, 1.54) is 23.8 Å². The number of ether oxygens (including phenoxy) is 1. The standard InChI is InChI=1S/C20H24N2O3/c1-14-5-6-17(15(2)11-14)12-22(3)13-19(23)21-18-9-7-16(8-10-18)20(24)25-4/h5-11H,12-13H2,1-4H3,(H,21,23). The number of esters is 1. The molecule has 1 N–H and O–H groups in total. The maximum absolute atomic E-state index is 12.2. The highest BCUT2D eigenvalue weighted by Crippen LogP contribution is 2.13. The van der Waals surface area contributed by atoms with Gasteiger partial charge in [-0.25, -0.2) is 4.79 Å². The van der Waals surface area contributed by atoms with Crippen molar-refractivity contribution < 1.29 is 14.3 Å². The fourth-order valence-electron chi connectivity index (χ4n) is 2.62. The number of carbonyl (C=O) groups is 2. The van der Waals surface area contributed by atoms with Gasteiger partial charge in [-0.05, 0) is 56.3 Å². The number of methoxy groups -OCH3 is 1. The van der Waals surface area contributed by atoms with Gasteiger partial charge in [0.2, 0.25) is 5.91 Å². The molecule has 5 heteroatoms. The molecule has 0 saturated heterocycles. The average molecular weight is 340 g/mol. The Morgan fingerprint density at radius 2 is 1.76 bits per heavy atom. The summed E-state index contributed by atoms with van der Waals surface area (Å²) in [4.78, 5) is 25.5. The Balaban J connectivity index is 1.89. The molecule has 0 spiro atoms. The molecule has 0 aliphatic heterocycles. The quantitative estimate of drug-likeness (QED) is 0.821. The van der Waals surface area contributed by atoms with E-state index in [-0.39, 0.29) is 12.5 Å². The molecule has 0 unspecified atom stereocenters.